The number of benzene rings is 2. The first-order chi connectivity index (χ1) is 14.7. The van der Waals surface area contributed by atoms with E-state index in [1.54, 1.807) is 0 Å². The van der Waals surface area contributed by atoms with Crippen molar-refractivity contribution in [2.24, 2.45) is 4.99 Å². The van der Waals surface area contributed by atoms with Gasteiger partial charge in [0.2, 0.25) is 12.7 Å². The molecule has 3 N–H and O–H groups in total. The average Bonchev–Trinajstić information content (AvgIpc) is 3.22. The fraction of sp³-hybridized carbons (Fsp3) is 0.364. The second kappa shape index (κ2) is 11.1. The van der Waals surface area contributed by atoms with Crippen LogP contribution in [-0.4, -0.2) is 44.9 Å². The molecule has 9 heteroatoms. The molecule has 31 heavy (non-hydrogen) atoms. The Kier molecular flexibility index (Phi) is 8.21. The van der Waals surface area contributed by atoms with Gasteiger partial charge in [0.1, 0.15) is 12.4 Å². The predicted molar refractivity (Wildman–Crippen MR) is 130 cm³/mol. The molecule has 1 amide bonds. The normalized spacial score (nSPS) is 16.6. The predicted octanol–water partition coefficient (Wildman–Crippen LogP) is 3.09. The molecule has 0 saturated heterocycles. The number of hydrogen-bond acceptors (Lipinski definition) is 5. The highest BCUT2D eigenvalue weighted by Crippen LogP contribution is 2.35. The topological polar surface area (TPSA) is 93.2 Å². The summed E-state index contributed by atoms with van der Waals surface area (Å²) in [4.78, 5) is 16.7. The van der Waals surface area contributed by atoms with Gasteiger partial charge < -0.3 is 30.2 Å². The lowest BCUT2D eigenvalue weighted by molar-refractivity contribution is -0.116. The Morgan fingerprint density at radius 1 is 1.19 bits per heavy atom. The zero-order chi connectivity index (χ0) is 20.8. The van der Waals surface area contributed by atoms with Gasteiger partial charge in [-0.2, -0.15) is 0 Å². The summed E-state index contributed by atoms with van der Waals surface area (Å²) >= 11 is 0. The maximum atomic E-state index is 12.0. The first kappa shape index (κ1) is 23.0. The highest BCUT2D eigenvalue weighted by molar-refractivity contribution is 14.0. The van der Waals surface area contributed by atoms with Crippen molar-refractivity contribution in [1.82, 2.24) is 10.6 Å². The number of nitrogens with one attached hydrogen (secondary N) is 3. The van der Waals surface area contributed by atoms with E-state index >= 15 is 0 Å². The largest absolute Gasteiger partial charge is 0.492 e. The number of hydrogen-bond donors (Lipinski definition) is 3. The maximum absolute atomic E-state index is 12.0. The first-order valence-corrected chi connectivity index (χ1v) is 10.2. The standard InChI is InChI=1S/C22H26N4O4.HI/c1-2-23-22(24-9-10-28-16-7-8-19-20(12-16)30-14-29-19)25-13-15-11-21(27)26-18-6-4-3-5-17(15)18;/h3-8,12,15H,2,9-11,13-14H2,1H3,(H,26,27)(H2,23,24,25);1H. The number of anilines is 1. The van der Waals surface area contributed by atoms with E-state index in [0.717, 1.165) is 29.3 Å². The van der Waals surface area contributed by atoms with Crippen LogP contribution in [0.15, 0.2) is 47.5 Å². The van der Waals surface area contributed by atoms with Crippen LogP contribution in [0.25, 0.3) is 0 Å². The Morgan fingerprint density at radius 2 is 2.03 bits per heavy atom. The lowest BCUT2D eigenvalue weighted by Gasteiger charge is -2.24. The summed E-state index contributed by atoms with van der Waals surface area (Å²) in [5, 5.41) is 9.44. The van der Waals surface area contributed by atoms with Crippen molar-refractivity contribution < 1.29 is 19.0 Å². The minimum absolute atomic E-state index is 0. The van der Waals surface area contributed by atoms with Gasteiger partial charge in [0.15, 0.2) is 17.5 Å². The Balaban J connectivity index is 0.00000272. The third-order valence-corrected chi connectivity index (χ3v) is 4.93. The number of carbonyl (C=O) groups is 1. The molecular weight excluding hydrogens is 511 g/mol. The van der Waals surface area contributed by atoms with Crippen molar-refractivity contribution >= 4 is 41.5 Å². The van der Waals surface area contributed by atoms with Crippen LogP contribution in [0.3, 0.4) is 0 Å². The van der Waals surface area contributed by atoms with Crippen molar-refractivity contribution in [3.05, 3.63) is 48.0 Å². The summed E-state index contributed by atoms with van der Waals surface area (Å²) in [5.41, 5.74) is 2.01. The molecule has 0 aromatic heterocycles. The molecule has 0 spiro atoms. The van der Waals surface area contributed by atoms with Gasteiger partial charge in [0.05, 0.1) is 13.1 Å². The van der Waals surface area contributed by atoms with Crippen molar-refractivity contribution in [2.75, 3.05) is 38.4 Å². The summed E-state index contributed by atoms with van der Waals surface area (Å²) in [5.74, 6) is 2.97. The first-order valence-electron chi connectivity index (χ1n) is 10.2. The van der Waals surface area contributed by atoms with Gasteiger partial charge >= 0.3 is 0 Å². The molecule has 8 nitrogen and oxygen atoms in total. The quantitative estimate of drug-likeness (QED) is 0.217. The van der Waals surface area contributed by atoms with Gasteiger partial charge in [0, 0.05) is 30.6 Å². The molecule has 0 fully saturated rings. The van der Waals surface area contributed by atoms with Gasteiger partial charge in [-0.3, -0.25) is 9.79 Å². The summed E-state index contributed by atoms with van der Waals surface area (Å²) in [7, 11) is 0. The van der Waals surface area contributed by atoms with Crippen LogP contribution in [-0.2, 0) is 4.79 Å². The van der Waals surface area contributed by atoms with E-state index in [9.17, 15) is 4.79 Å². The number of amides is 1. The van der Waals surface area contributed by atoms with Gasteiger partial charge in [-0.1, -0.05) is 18.2 Å². The van der Waals surface area contributed by atoms with E-state index in [4.69, 9.17) is 14.2 Å². The smallest absolute Gasteiger partial charge is 0.231 e. The molecule has 1 atom stereocenters. The zero-order valence-electron chi connectivity index (χ0n) is 17.3. The van der Waals surface area contributed by atoms with E-state index in [1.165, 1.54) is 0 Å². The van der Waals surface area contributed by atoms with E-state index in [2.05, 4.69) is 27.0 Å². The summed E-state index contributed by atoms with van der Waals surface area (Å²) in [6, 6.07) is 13.4. The van der Waals surface area contributed by atoms with E-state index in [1.807, 2.05) is 43.3 Å². The van der Waals surface area contributed by atoms with E-state index in [-0.39, 0.29) is 42.6 Å². The number of para-hydroxylation sites is 1. The Bertz CT molecular complexity index is 937. The lowest BCUT2D eigenvalue weighted by atomic mass is 9.91. The molecule has 0 bridgehead atoms. The molecule has 0 aliphatic carbocycles. The number of carbonyl (C=O) groups excluding carboxylic acids is 1. The van der Waals surface area contributed by atoms with Crippen molar-refractivity contribution in [3.63, 3.8) is 0 Å². The van der Waals surface area contributed by atoms with Crippen LogP contribution >= 0.6 is 24.0 Å². The third-order valence-electron chi connectivity index (χ3n) is 4.93. The van der Waals surface area contributed by atoms with Crippen LogP contribution in [0.1, 0.15) is 24.8 Å². The number of guanidine groups is 1. The Morgan fingerprint density at radius 3 is 2.90 bits per heavy atom. The number of fused-ring (bicyclic) bond motifs is 2. The lowest BCUT2D eigenvalue weighted by Crippen LogP contribution is -2.39. The van der Waals surface area contributed by atoms with Crippen LogP contribution in [0.2, 0.25) is 0 Å². The Labute approximate surface area is 198 Å². The second-order valence-corrected chi connectivity index (χ2v) is 7.05. The maximum Gasteiger partial charge on any atom is 0.231 e. The van der Waals surface area contributed by atoms with E-state index in [0.29, 0.717) is 37.8 Å². The van der Waals surface area contributed by atoms with Crippen LogP contribution in [0.5, 0.6) is 17.2 Å². The molecule has 2 aromatic carbocycles. The van der Waals surface area contributed by atoms with Gasteiger partial charge in [-0.15, -0.1) is 24.0 Å². The molecule has 2 aliphatic rings. The molecular formula is C22H27IN4O4. The molecule has 0 radical (unpaired) electrons. The molecule has 2 heterocycles. The number of halogens is 1. The van der Waals surface area contributed by atoms with Crippen LogP contribution < -0.4 is 30.2 Å². The fourth-order valence-corrected chi connectivity index (χ4v) is 3.51. The highest BCUT2D eigenvalue weighted by Gasteiger charge is 2.24. The minimum atomic E-state index is 0. The monoisotopic (exact) mass is 538 g/mol. The molecule has 2 aliphatic heterocycles. The molecule has 4 rings (SSSR count). The van der Waals surface area contributed by atoms with Crippen molar-refractivity contribution in [1.29, 1.82) is 0 Å². The summed E-state index contributed by atoms with van der Waals surface area (Å²) in [6.07, 6.45) is 0.438. The SMILES string of the molecule is CCNC(=NCC1CC(=O)Nc2ccccc21)NCCOc1ccc2c(c1)OCO2.I. The number of nitrogens with zero attached hydrogens (tertiary/aromatic N) is 1. The van der Waals surface area contributed by atoms with Gasteiger partial charge in [-0.25, -0.2) is 0 Å². The average molecular weight is 538 g/mol. The van der Waals surface area contributed by atoms with Crippen molar-refractivity contribution in [2.45, 2.75) is 19.3 Å². The third kappa shape index (κ3) is 5.93. The Hall–Kier alpha value is -2.69. The molecule has 166 valence electrons. The van der Waals surface area contributed by atoms with Gasteiger partial charge in [-0.05, 0) is 30.7 Å². The summed E-state index contributed by atoms with van der Waals surface area (Å²) < 4.78 is 16.4. The second-order valence-electron chi connectivity index (χ2n) is 7.05. The highest BCUT2D eigenvalue weighted by atomic mass is 127. The number of ether oxygens (including phenoxy) is 3. The van der Waals surface area contributed by atoms with E-state index < -0.39 is 0 Å². The molecule has 2 aromatic rings. The summed E-state index contributed by atoms with van der Waals surface area (Å²) in [6.45, 7) is 4.60. The molecule has 1 unspecified atom stereocenters. The van der Waals surface area contributed by atoms with Crippen LogP contribution in [0.4, 0.5) is 5.69 Å². The van der Waals surface area contributed by atoms with Crippen molar-refractivity contribution in [3.8, 4) is 17.2 Å². The number of aliphatic imine (C=N–C) groups is 1. The zero-order valence-corrected chi connectivity index (χ0v) is 19.7. The van der Waals surface area contributed by atoms with Gasteiger partial charge in [0.25, 0.3) is 0 Å². The molecule has 0 saturated carbocycles. The van der Waals surface area contributed by atoms with Crippen LogP contribution in [0, 0.1) is 0 Å². The fourth-order valence-electron chi connectivity index (χ4n) is 3.51. The number of rotatable bonds is 7. The minimum Gasteiger partial charge on any atom is -0.492 e.